The van der Waals surface area contributed by atoms with Crippen LogP contribution >= 0.6 is 0 Å². The summed E-state index contributed by atoms with van der Waals surface area (Å²) in [4.78, 5) is 15.9. The second kappa shape index (κ2) is 6.63. The number of hydrogen-bond donors (Lipinski definition) is 0. The van der Waals surface area contributed by atoms with Crippen molar-refractivity contribution in [1.29, 1.82) is 0 Å². The molecule has 0 bridgehead atoms. The first kappa shape index (κ1) is 15.7. The number of hydrogen-bond acceptors (Lipinski definition) is 6. The summed E-state index contributed by atoms with van der Waals surface area (Å²) in [5.74, 6) is 2.44. The molecule has 0 N–H and O–H groups in total. The van der Waals surface area contributed by atoms with Gasteiger partial charge in [-0.2, -0.15) is 4.98 Å². The van der Waals surface area contributed by atoms with Gasteiger partial charge in [-0.25, -0.2) is 4.98 Å². The Morgan fingerprint density at radius 3 is 2.76 bits per heavy atom. The Labute approximate surface area is 146 Å². The highest BCUT2D eigenvalue weighted by atomic mass is 16.5. The van der Waals surface area contributed by atoms with Crippen LogP contribution in [0.2, 0.25) is 0 Å². The molecule has 0 aromatic carbocycles. The Hall–Kier alpha value is -2.76. The molecule has 6 heteroatoms. The molecule has 4 rings (SSSR count). The third-order valence-corrected chi connectivity index (χ3v) is 4.53. The van der Waals surface area contributed by atoms with E-state index in [2.05, 4.69) is 31.1 Å². The zero-order chi connectivity index (χ0) is 17.2. The van der Waals surface area contributed by atoms with Crippen LogP contribution in [-0.4, -0.2) is 26.7 Å². The van der Waals surface area contributed by atoms with Gasteiger partial charge in [0.05, 0.1) is 17.3 Å². The van der Waals surface area contributed by atoms with Crippen LogP contribution in [0.3, 0.4) is 0 Å². The van der Waals surface area contributed by atoms with Gasteiger partial charge in [0.15, 0.2) is 5.82 Å². The van der Waals surface area contributed by atoms with Crippen molar-refractivity contribution in [2.75, 3.05) is 11.4 Å². The van der Waals surface area contributed by atoms with Crippen LogP contribution in [0.1, 0.15) is 50.2 Å². The van der Waals surface area contributed by atoms with Gasteiger partial charge in [0, 0.05) is 24.9 Å². The molecule has 128 valence electrons. The minimum atomic E-state index is 0.244. The van der Waals surface area contributed by atoms with Gasteiger partial charge < -0.3 is 9.42 Å². The van der Waals surface area contributed by atoms with Crippen molar-refractivity contribution < 1.29 is 4.52 Å². The predicted octanol–water partition coefficient (Wildman–Crippen LogP) is 3.99. The van der Waals surface area contributed by atoms with E-state index < -0.39 is 0 Å². The van der Waals surface area contributed by atoms with E-state index in [1.807, 2.05) is 44.3 Å². The first-order valence-electron chi connectivity index (χ1n) is 8.70. The predicted molar refractivity (Wildman–Crippen MR) is 95.2 cm³/mol. The van der Waals surface area contributed by atoms with Crippen molar-refractivity contribution in [2.24, 2.45) is 0 Å². The van der Waals surface area contributed by atoms with Gasteiger partial charge in [0.2, 0.25) is 0 Å². The van der Waals surface area contributed by atoms with E-state index in [1.165, 1.54) is 0 Å². The van der Waals surface area contributed by atoms with Crippen molar-refractivity contribution in [3.8, 4) is 11.5 Å². The molecular weight excluding hydrogens is 314 g/mol. The summed E-state index contributed by atoms with van der Waals surface area (Å²) < 4.78 is 5.34. The number of pyridine rings is 2. The molecule has 0 unspecified atom stereocenters. The summed E-state index contributed by atoms with van der Waals surface area (Å²) in [5, 5.41) is 4.01. The zero-order valence-electron chi connectivity index (χ0n) is 14.5. The molecule has 1 saturated heterocycles. The van der Waals surface area contributed by atoms with Crippen molar-refractivity contribution in [3.63, 3.8) is 0 Å². The average Bonchev–Trinajstić information content (AvgIpc) is 3.32. The van der Waals surface area contributed by atoms with Gasteiger partial charge in [0.1, 0.15) is 5.82 Å². The standard InChI is InChI=1S/C19H21N5O/c1-13(2)18-22-19(25-23-18)14-8-9-17(21-12-14)24-11-5-7-16(24)15-6-3-4-10-20-15/h3-4,6,8-10,12-13,16H,5,7,11H2,1-2H3/t16-/m1/s1. The minimum Gasteiger partial charge on any atom is -0.348 e. The molecule has 0 spiro atoms. The number of nitrogens with zero attached hydrogens (tertiary/aromatic N) is 5. The monoisotopic (exact) mass is 335 g/mol. The summed E-state index contributed by atoms with van der Waals surface area (Å²) in [6.07, 6.45) is 5.90. The highest BCUT2D eigenvalue weighted by molar-refractivity contribution is 5.55. The third-order valence-electron chi connectivity index (χ3n) is 4.53. The zero-order valence-corrected chi connectivity index (χ0v) is 14.5. The van der Waals surface area contributed by atoms with Crippen LogP contribution in [0.25, 0.3) is 11.5 Å². The average molecular weight is 335 g/mol. The number of rotatable bonds is 4. The Balaban J connectivity index is 1.57. The molecule has 3 aromatic heterocycles. The second-order valence-electron chi connectivity index (χ2n) is 6.62. The van der Waals surface area contributed by atoms with E-state index in [0.717, 1.165) is 36.5 Å². The maximum Gasteiger partial charge on any atom is 0.259 e. The van der Waals surface area contributed by atoms with E-state index in [-0.39, 0.29) is 12.0 Å². The lowest BCUT2D eigenvalue weighted by atomic mass is 10.1. The Bertz CT molecular complexity index is 829. The molecule has 1 aliphatic rings. The number of aromatic nitrogens is 4. The fourth-order valence-corrected chi connectivity index (χ4v) is 3.19. The quantitative estimate of drug-likeness (QED) is 0.718. The molecule has 0 radical (unpaired) electrons. The maximum absolute atomic E-state index is 5.34. The van der Waals surface area contributed by atoms with Gasteiger partial charge in [-0.15, -0.1) is 0 Å². The molecule has 1 aliphatic heterocycles. The summed E-state index contributed by atoms with van der Waals surface area (Å²) in [5.41, 5.74) is 1.95. The van der Waals surface area contributed by atoms with E-state index in [0.29, 0.717) is 11.7 Å². The number of anilines is 1. The summed E-state index contributed by atoms with van der Waals surface area (Å²) in [7, 11) is 0. The van der Waals surface area contributed by atoms with Crippen LogP contribution in [0.4, 0.5) is 5.82 Å². The fraction of sp³-hybridized carbons (Fsp3) is 0.368. The Kier molecular flexibility index (Phi) is 4.17. The van der Waals surface area contributed by atoms with E-state index in [1.54, 1.807) is 6.20 Å². The lowest BCUT2D eigenvalue weighted by Crippen LogP contribution is -2.24. The van der Waals surface area contributed by atoms with E-state index in [9.17, 15) is 0 Å². The van der Waals surface area contributed by atoms with Crippen molar-refractivity contribution in [2.45, 2.75) is 38.6 Å². The van der Waals surface area contributed by atoms with Crippen LogP contribution in [-0.2, 0) is 0 Å². The topological polar surface area (TPSA) is 67.9 Å². The van der Waals surface area contributed by atoms with E-state index in [4.69, 9.17) is 4.52 Å². The largest absolute Gasteiger partial charge is 0.348 e. The first-order valence-corrected chi connectivity index (χ1v) is 8.70. The van der Waals surface area contributed by atoms with E-state index >= 15 is 0 Å². The molecule has 6 nitrogen and oxygen atoms in total. The van der Waals surface area contributed by atoms with Crippen LogP contribution in [0.15, 0.2) is 47.2 Å². The molecule has 3 aromatic rings. The van der Waals surface area contributed by atoms with Gasteiger partial charge in [0.25, 0.3) is 5.89 Å². The van der Waals surface area contributed by atoms with Gasteiger partial charge in [-0.3, -0.25) is 4.98 Å². The summed E-state index contributed by atoms with van der Waals surface area (Å²) in [6, 6.07) is 10.4. The fourth-order valence-electron chi connectivity index (χ4n) is 3.19. The Morgan fingerprint density at radius 1 is 1.16 bits per heavy atom. The van der Waals surface area contributed by atoms with Crippen molar-refractivity contribution in [3.05, 3.63) is 54.2 Å². The van der Waals surface area contributed by atoms with Gasteiger partial charge in [-0.05, 0) is 37.1 Å². The maximum atomic E-state index is 5.34. The Morgan fingerprint density at radius 2 is 2.08 bits per heavy atom. The molecule has 0 aliphatic carbocycles. The summed E-state index contributed by atoms with van der Waals surface area (Å²) in [6.45, 7) is 5.08. The highest BCUT2D eigenvalue weighted by Crippen LogP contribution is 2.34. The molecule has 0 amide bonds. The van der Waals surface area contributed by atoms with Crippen LogP contribution in [0.5, 0.6) is 0 Å². The molecule has 1 atom stereocenters. The van der Waals surface area contributed by atoms with Gasteiger partial charge >= 0.3 is 0 Å². The van der Waals surface area contributed by atoms with Crippen LogP contribution < -0.4 is 4.90 Å². The molecular formula is C19H21N5O. The third kappa shape index (κ3) is 3.12. The van der Waals surface area contributed by atoms with Crippen molar-refractivity contribution >= 4 is 5.82 Å². The van der Waals surface area contributed by atoms with Crippen molar-refractivity contribution in [1.82, 2.24) is 20.1 Å². The lowest BCUT2D eigenvalue weighted by Gasteiger charge is -2.25. The highest BCUT2D eigenvalue weighted by Gasteiger charge is 2.28. The molecule has 1 fully saturated rings. The smallest absolute Gasteiger partial charge is 0.259 e. The SMILES string of the molecule is CC(C)c1noc(-c2ccc(N3CCC[C@@H]3c3ccccn3)nc2)n1. The molecule has 25 heavy (non-hydrogen) atoms. The minimum absolute atomic E-state index is 0.244. The lowest BCUT2D eigenvalue weighted by molar-refractivity contribution is 0.419. The second-order valence-corrected chi connectivity index (χ2v) is 6.62. The molecule has 4 heterocycles. The first-order chi connectivity index (χ1) is 12.2. The molecule has 0 saturated carbocycles. The normalized spacial score (nSPS) is 17.4. The summed E-state index contributed by atoms with van der Waals surface area (Å²) >= 11 is 0. The van der Waals surface area contributed by atoms with Gasteiger partial charge in [-0.1, -0.05) is 25.1 Å². The van der Waals surface area contributed by atoms with Crippen LogP contribution in [0, 0.1) is 0 Å².